The number of carbonyl (C=O) groups excluding carboxylic acids is 3. The van der Waals surface area contributed by atoms with Crippen molar-refractivity contribution in [2.45, 2.75) is 129 Å². The van der Waals surface area contributed by atoms with Gasteiger partial charge in [-0.3, -0.25) is 19.2 Å². The summed E-state index contributed by atoms with van der Waals surface area (Å²) < 4.78 is 0. The van der Waals surface area contributed by atoms with Gasteiger partial charge >= 0.3 is 0 Å². The van der Waals surface area contributed by atoms with E-state index in [2.05, 4.69) is 239 Å². The Morgan fingerprint density at radius 1 is 0.408 bits per heavy atom. The number of rotatable bonds is 9. The van der Waals surface area contributed by atoms with Crippen molar-refractivity contribution in [3.63, 3.8) is 0 Å². The minimum Gasteiger partial charge on any atom is -0.483 e. The lowest BCUT2D eigenvalue weighted by atomic mass is 9.92. The molecule has 8 aromatic rings. The molecule has 0 fully saturated rings. The molecule has 9 aliphatic heterocycles. The van der Waals surface area contributed by atoms with Crippen LogP contribution in [0.1, 0.15) is 131 Å². The van der Waals surface area contributed by atoms with E-state index >= 15 is 0 Å². The number of nitrogens with zero attached hydrogens (tertiary/aromatic N) is 4. The molecule has 12 nitrogen and oxygen atoms in total. The highest BCUT2D eigenvalue weighted by molar-refractivity contribution is 9.09. The summed E-state index contributed by atoms with van der Waals surface area (Å²) in [5.41, 5.74) is 24.2. The average molecular weight is 1490 g/mol. The van der Waals surface area contributed by atoms with Crippen LogP contribution in [0.15, 0.2) is 171 Å². The number of carboxylic acid groups (broad SMARTS) is 1. The molecule has 9 aliphatic rings. The number of hydrogen-bond acceptors (Lipinski definition) is 11. The number of carbonyl (C=O) groups is 4. The Bertz CT molecular complexity index is 4340. The highest BCUT2D eigenvalue weighted by Gasteiger charge is 2.44. The molecule has 0 saturated heterocycles. The SMILES string of the molecule is C=CCBr.C=CCN1CCCc2cc3c(cc21)[Si](C)(C)c1cc2c(cc1C3=O)CCCN2CC=C.C[Si]1(C)c2cc3c(cc2C(=O)c2cc4c(cc21)N(Cc1ccccc1)CCC4)CCCN3Cc1ccccc1.C[Si]1(C)c2cc3c(cc2C(=O)c2cc4c(cc21)NCCC4)CCCN3.N.O=CO. The van der Waals surface area contributed by atoms with E-state index in [1.165, 1.54) is 110 Å². The van der Waals surface area contributed by atoms with Crippen molar-refractivity contribution in [1.29, 1.82) is 0 Å². The Labute approximate surface area is 622 Å². The zero-order valence-electron chi connectivity index (χ0n) is 61.4. The van der Waals surface area contributed by atoms with Crippen LogP contribution in [0.4, 0.5) is 34.1 Å². The van der Waals surface area contributed by atoms with E-state index in [1.54, 1.807) is 6.08 Å². The summed E-state index contributed by atoms with van der Waals surface area (Å²) in [6, 6.07) is 49.1. The molecule has 534 valence electrons. The lowest BCUT2D eigenvalue weighted by Crippen LogP contribution is -2.60. The number of ketones is 3. The first-order chi connectivity index (χ1) is 49.3. The van der Waals surface area contributed by atoms with Gasteiger partial charge in [-0.15, -0.1) is 19.7 Å². The second-order valence-corrected chi connectivity index (χ2v) is 44.0. The summed E-state index contributed by atoms with van der Waals surface area (Å²) >= 11 is 3.13. The van der Waals surface area contributed by atoms with Crippen LogP contribution in [-0.4, -0.2) is 111 Å². The van der Waals surface area contributed by atoms with E-state index in [0.29, 0.717) is 0 Å². The largest absolute Gasteiger partial charge is 0.483 e. The molecule has 0 bridgehead atoms. The maximum Gasteiger partial charge on any atom is 0.290 e. The topological polar surface area (TPSA) is 161 Å². The van der Waals surface area contributed by atoms with Gasteiger partial charge in [-0.2, -0.15) is 0 Å². The molecule has 0 aliphatic carbocycles. The average Bonchev–Trinajstić information content (AvgIpc) is 0.730. The van der Waals surface area contributed by atoms with E-state index in [0.717, 1.165) is 181 Å². The van der Waals surface area contributed by atoms with Gasteiger partial charge in [0.25, 0.3) is 6.47 Å². The van der Waals surface area contributed by atoms with Gasteiger partial charge < -0.3 is 41.5 Å². The van der Waals surface area contributed by atoms with Gasteiger partial charge in [0, 0.05) is 138 Å². The van der Waals surface area contributed by atoms with Crippen LogP contribution in [0.2, 0.25) is 39.3 Å². The zero-order valence-corrected chi connectivity index (χ0v) is 65.9. The first-order valence-corrected chi connectivity index (χ1v) is 47.2. The van der Waals surface area contributed by atoms with E-state index in [1.807, 2.05) is 12.2 Å². The van der Waals surface area contributed by atoms with Gasteiger partial charge in [0.1, 0.15) is 24.2 Å². The summed E-state index contributed by atoms with van der Waals surface area (Å²) in [6.07, 6.45) is 19.0. The number of benzene rings is 8. The van der Waals surface area contributed by atoms with Gasteiger partial charge in [0.15, 0.2) is 17.3 Å². The molecule has 0 atom stereocenters. The molecule has 9 heterocycles. The van der Waals surface area contributed by atoms with Gasteiger partial charge in [-0.25, -0.2) is 0 Å². The van der Waals surface area contributed by atoms with E-state index in [9.17, 15) is 14.4 Å². The van der Waals surface area contributed by atoms with Crippen LogP contribution in [-0.2, 0) is 56.4 Å². The second kappa shape index (κ2) is 31.4. The van der Waals surface area contributed by atoms with Gasteiger partial charge in [0.05, 0.1) is 0 Å². The Kier molecular flexibility index (Phi) is 22.6. The normalized spacial score (nSPS) is 17.3. The summed E-state index contributed by atoms with van der Waals surface area (Å²) in [5, 5.41) is 22.7. The van der Waals surface area contributed by atoms with Crippen LogP contribution in [0.25, 0.3) is 0 Å². The molecule has 8 aromatic carbocycles. The number of alkyl halides is 1. The third kappa shape index (κ3) is 14.4. The fourth-order valence-electron chi connectivity index (χ4n) is 17.6. The fraction of sp³-hybridized carbons (Fsp3) is 0.333. The van der Waals surface area contributed by atoms with E-state index < -0.39 is 24.2 Å². The second-order valence-electron chi connectivity index (χ2n) is 30.4. The van der Waals surface area contributed by atoms with E-state index in [-0.39, 0.29) is 30.0 Å². The Hall–Kier alpha value is -8.65. The maximum atomic E-state index is 14.1. The molecular formula is C87H102BrN7O5Si3. The Morgan fingerprint density at radius 3 is 0.961 bits per heavy atom. The highest BCUT2D eigenvalue weighted by Crippen LogP contribution is 2.39. The Morgan fingerprint density at radius 2 is 0.670 bits per heavy atom. The molecule has 0 amide bonds. The number of halogens is 1. The highest BCUT2D eigenvalue weighted by atomic mass is 79.9. The fourth-order valence-corrected chi connectivity index (χ4v) is 26.6. The summed E-state index contributed by atoms with van der Waals surface area (Å²) in [6.45, 7) is 35.5. The minimum atomic E-state index is -2.11. The third-order valence-electron chi connectivity index (χ3n) is 22.8. The first-order valence-electron chi connectivity index (χ1n) is 37.0. The summed E-state index contributed by atoms with van der Waals surface area (Å²) in [7, 11) is -6.03. The zero-order chi connectivity index (χ0) is 71.6. The van der Waals surface area contributed by atoms with Crippen LogP contribution in [0, 0.1) is 0 Å². The van der Waals surface area contributed by atoms with Crippen molar-refractivity contribution in [3.8, 4) is 0 Å². The molecular weight excluding hydrogens is 1390 g/mol. The minimum absolute atomic E-state index is 0. The predicted octanol–water partition coefficient (Wildman–Crippen LogP) is 14.1. The number of fused-ring (bicyclic) bond motifs is 12. The predicted molar refractivity (Wildman–Crippen MR) is 444 cm³/mol. The first kappa shape index (κ1) is 74.1. The van der Waals surface area contributed by atoms with Gasteiger partial charge in [0.2, 0.25) is 0 Å². The molecule has 103 heavy (non-hydrogen) atoms. The van der Waals surface area contributed by atoms with Crippen molar-refractivity contribution in [3.05, 3.63) is 249 Å². The lowest BCUT2D eigenvalue weighted by molar-refractivity contribution is -0.122. The molecule has 6 N–H and O–H groups in total. The quantitative estimate of drug-likeness (QED) is 0.0469. The standard InChI is InChI=1S/C35H36N2OSi.C27H32N2OSi.C21H24N2OSi.C3H5Br.CH2O2.H3N/c1-39(2)33-21-31-27(15-9-17-36(31)23-25-11-5-3-6-12-25)19-29(33)35(38)30-20-28-16-10-18-37(32(28)22-34(30)39)24-26-13-7-4-8-14-26;1-5-11-28-13-7-9-19-15-21-25(17-23(19)28)31(3,4)26-18-24-20(16-22(26)27(21)30)10-8-14-29(24)12-6-2;1-25(2)19-11-17-13(5-3-7-22-17)9-15(19)21(24)16-10-14-6-4-8-23-18(14)12-20(16)25;1-2-3-4;2-1-3;/h3-8,11-14,19-22H,9-10,15-18,23-24H2,1-2H3;5-6,15-18H,1-2,7-14H2,3-4H3;9-12,22-23H,3-8H2,1-2H3;2H,1,3H2;1H,(H,2,3);1H3. The van der Waals surface area contributed by atoms with Crippen LogP contribution < -0.4 is 67.5 Å². The smallest absolute Gasteiger partial charge is 0.290 e. The lowest BCUT2D eigenvalue weighted by Gasteiger charge is -2.39. The molecule has 16 heteroatoms. The van der Waals surface area contributed by atoms with Crippen molar-refractivity contribution in [1.82, 2.24) is 6.15 Å². The van der Waals surface area contributed by atoms with Crippen LogP contribution in [0.5, 0.6) is 0 Å². The maximum absolute atomic E-state index is 14.1. The van der Waals surface area contributed by atoms with Gasteiger partial charge in [-0.05, 0) is 225 Å². The van der Waals surface area contributed by atoms with Crippen molar-refractivity contribution in [2.24, 2.45) is 0 Å². The van der Waals surface area contributed by atoms with Crippen molar-refractivity contribution in [2.75, 3.05) is 87.9 Å². The molecule has 17 rings (SSSR count). The molecule has 0 radical (unpaired) electrons. The van der Waals surface area contributed by atoms with E-state index in [4.69, 9.17) is 9.90 Å². The summed E-state index contributed by atoms with van der Waals surface area (Å²) in [4.78, 5) is 59.5. The summed E-state index contributed by atoms with van der Waals surface area (Å²) in [5.74, 6) is 0.695. The Balaban J connectivity index is 0.000000141. The number of hydrogen-bond donors (Lipinski definition) is 4. The number of nitrogens with one attached hydrogen (secondary N) is 2. The molecule has 0 saturated carbocycles. The third-order valence-corrected chi connectivity index (χ3v) is 33.9. The molecule has 0 unspecified atom stereocenters. The van der Waals surface area contributed by atoms with Crippen molar-refractivity contribution < 1.29 is 24.3 Å². The molecule has 0 aromatic heterocycles. The number of aryl methyl sites for hydroxylation is 6. The van der Waals surface area contributed by atoms with Gasteiger partial charge in [-0.1, -0.05) is 134 Å². The van der Waals surface area contributed by atoms with Crippen LogP contribution >= 0.6 is 15.9 Å². The number of allylic oxidation sites excluding steroid dienone is 1. The molecule has 0 spiro atoms. The van der Waals surface area contributed by atoms with Crippen LogP contribution in [0.3, 0.4) is 0 Å². The number of anilines is 6. The van der Waals surface area contributed by atoms with Crippen molar-refractivity contribution >= 4 is 129 Å². The monoisotopic (exact) mass is 1490 g/mol.